The van der Waals surface area contributed by atoms with Crippen molar-refractivity contribution >= 4 is 33.1 Å². The van der Waals surface area contributed by atoms with Crippen LogP contribution >= 0.6 is 23.1 Å². The Balaban J connectivity index is 2.05. The molecule has 1 aromatic heterocycles. The van der Waals surface area contributed by atoms with Gasteiger partial charge < -0.3 is 5.32 Å². The number of hydrogen-bond acceptors (Lipinski definition) is 5. The molecule has 1 aliphatic rings. The van der Waals surface area contributed by atoms with Gasteiger partial charge in [-0.05, 0) is 37.3 Å². The first-order chi connectivity index (χ1) is 9.55. The normalized spacial score (nSPS) is 19.9. The topological polar surface area (TPSA) is 49.4 Å². The van der Waals surface area contributed by atoms with Gasteiger partial charge in [0.1, 0.15) is 4.21 Å². The molecule has 1 N–H and O–H groups in total. The van der Waals surface area contributed by atoms with E-state index in [-0.39, 0.29) is 6.04 Å². The minimum atomic E-state index is -3.32. The Labute approximate surface area is 130 Å². The largest absolute Gasteiger partial charge is 0.312 e. The summed E-state index contributed by atoms with van der Waals surface area (Å²) >= 11 is 3.21. The summed E-state index contributed by atoms with van der Waals surface area (Å²) in [5.41, 5.74) is 0. The SMILES string of the molecule is CCCNCc1ccc(S(=O)(=O)N(C)C2CCSC2)s1. The van der Waals surface area contributed by atoms with Crippen molar-refractivity contribution in [3.05, 3.63) is 17.0 Å². The number of hydrogen-bond donors (Lipinski definition) is 1. The lowest BCUT2D eigenvalue weighted by atomic mass is 10.3. The van der Waals surface area contributed by atoms with Crippen LogP contribution in [0.3, 0.4) is 0 Å². The van der Waals surface area contributed by atoms with E-state index in [1.54, 1.807) is 17.4 Å². The first kappa shape index (κ1) is 16.3. The highest BCUT2D eigenvalue weighted by atomic mass is 32.2. The van der Waals surface area contributed by atoms with E-state index in [1.807, 2.05) is 17.8 Å². The lowest BCUT2D eigenvalue weighted by Gasteiger charge is -2.22. The van der Waals surface area contributed by atoms with Crippen LogP contribution in [0.5, 0.6) is 0 Å². The lowest BCUT2D eigenvalue weighted by molar-refractivity contribution is 0.396. The number of sulfonamides is 1. The second kappa shape index (κ2) is 7.26. The highest BCUT2D eigenvalue weighted by molar-refractivity contribution is 7.99. The lowest BCUT2D eigenvalue weighted by Crippen LogP contribution is -2.36. The molecule has 1 aromatic rings. The van der Waals surface area contributed by atoms with Crippen molar-refractivity contribution in [1.82, 2.24) is 9.62 Å². The molecule has 4 nitrogen and oxygen atoms in total. The quantitative estimate of drug-likeness (QED) is 0.778. The zero-order valence-corrected chi connectivity index (χ0v) is 14.4. The van der Waals surface area contributed by atoms with Crippen molar-refractivity contribution in [2.75, 3.05) is 25.1 Å². The third-order valence-electron chi connectivity index (χ3n) is 3.42. The van der Waals surface area contributed by atoms with Crippen molar-refractivity contribution in [1.29, 1.82) is 0 Å². The third kappa shape index (κ3) is 3.76. The molecule has 0 spiro atoms. The van der Waals surface area contributed by atoms with Gasteiger partial charge in [-0.25, -0.2) is 8.42 Å². The molecule has 7 heteroatoms. The Bertz CT molecular complexity index is 521. The fourth-order valence-electron chi connectivity index (χ4n) is 2.13. The summed E-state index contributed by atoms with van der Waals surface area (Å²) in [6.07, 6.45) is 2.04. The summed E-state index contributed by atoms with van der Waals surface area (Å²) in [4.78, 5) is 1.08. The Hall–Kier alpha value is -0.0800. The molecule has 0 bridgehead atoms. The van der Waals surface area contributed by atoms with Crippen molar-refractivity contribution in [2.45, 2.75) is 36.6 Å². The number of thioether (sulfide) groups is 1. The third-order valence-corrected chi connectivity index (χ3v) is 8.02. The number of rotatable bonds is 7. The second-order valence-electron chi connectivity index (χ2n) is 4.94. The molecule has 114 valence electrons. The van der Waals surface area contributed by atoms with Crippen molar-refractivity contribution in [2.24, 2.45) is 0 Å². The standard InChI is InChI=1S/C13H22N2O2S3/c1-3-7-14-9-12-4-5-13(19-12)20(16,17)15(2)11-6-8-18-10-11/h4-5,11,14H,3,6-10H2,1-2H3. The first-order valence-corrected chi connectivity index (χ1v) is 10.3. The summed E-state index contributed by atoms with van der Waals surface area (Å²) in [5.74, 6) is 1.97. The molecule has 2 rings (SSSR count). The van der Waals surface area contributed by atoms with Crippen LogP contribution in [0.1, 0.15) is 24.6 Å². The van der Waals surface area contributed by atoms with E-state index >= 15 is 0 Å². The second-order valence-corrected chi connectivity index (χ2v) is 9.48. The Morgan fingerprint density at radius 1 is 1.45 bits per heavy atom. The van der Waals surface area contributed by atoms with Gasteiger partial charge >= 0.3 is 0 Å². The number of nitrogens with zero attached hydrogens (tertiary/aromatic N) is 1. The molecule has 0 aromatic carbocycles. The molecule has 20 heavy (non-hydrogen) atoms. The maximum Gasteiger partial charge on any atom is 0.252 e. The van der Waals surface area contributed by atoms with E-state index in [9.17, 15) is 8.42 Å². The van der Waals surface area contributed by atoms with Gasteiger partial charge in [0, 0.05) is 30.3 Å². The van der Waals surface area contributed by atoms with E-state index in [0.29, 0.717) is 4.21 Å². The summed E-state index contributed by atoms with van der Waals surface area (Å²) in [6, 6.07) is 3.80. The molecule has 2 heterocycles. The first-order valence-electron chi connectivity index (χ1n) is 6.91. The highest BCUT2D eigenvalue weighted by Gasteiger charge is 2.31. The average Bonchev–Trinajstić information content (AvgIpc) is 3.09. The zero-order chi connectivity index (χ0) is 14.6. The van der Waals surface area contributed by atoms with E-state index in [4.69, 9.17) is 0 Å². The van der Waals surface area contributed by atoms with E-state index in [1.165, 1.54) is 11.3 Å². The molecule has 1 saturated heterocycles. The van der Waals surface area contributed by atoms with Gasteiger partial charge in [0.05, 0.1) is 0 Å². The molecule has 0 saturated carbocycles. The van der Waals surface area contributed by atoms with Crippen LogP contribution in [0.2, 0.25) is 0 Å². The average molecular weight is 335 g/mol. The van der Waals surface area contributed by atoms with Crippen LogP contribution in [-0.2, 0) is 16.6 Å². The van der Waals surface area contributed by atoms with E-state index in [0.717, 1.165) is 42.3 Å². The molecule has 0 radical (unpaired) electrons. The van der Waals surface area contributed by atoms with Gasteiger partial charge in [-0.1, -0.05) is 6.92 Å². The van der Waals surface area contributed by atoms with Crippen molar-refractivity contribution < 1.29 is 8.42 Å². The van der Waals surface area contributed by atoms with E-state index < -0.39 is 10.0 Å². The van der Waals surface area contributed by atoms with Crippen molar-refractivity contribution in [3.8, 4) is 0 Å². The Kier molecular flexibility index (Phi) is 5.92. The molecule has 1 aliphatic heterocycles. The molecule has 1 atom stereocenters. The maximum atomic E-state index is 12.6. The van der Waals surface area contributed by atoms with Crippen LogP contribution in [0.15, 0.2) is 16.3 Å². The van der Waals surface area contributed by atoms with E-state index in [2.05, 4.69) is 12.2 Å². The maximum absolute atomic E-state index is 12.6. The molecule has 1 unspecified atom stereocenters. The van der Waals surface area contributed by atoms with Crippen LogP contribution in [0, 0.1) is 0 Å². The summed E-state index contributed by atoms with van der Waals surface area (Å²) in [7, 11) is -1.61. The minimum absolute atomic E-state index is 0.147. The summed E-state index contributed by atoms with van der Waals surface area (Å²) in [6.45, 7) is 3.82. The van der Waals surface area contributed by atoms with Crippen molar-refractivity contribution in [3.63, 3.8) is 0 Å². The van der Waals surface area contributed by atoms with Gasteiger partial charge in [0.2, 0.25) is 0 Å². The molecule has 1 fully saturated rings. The predicted molar refractivity (Wildman–Crippen MR) is 87.0 cm³/mol. The zero-order valence-electron chi connectivity index (χ0n) is 12.0. The number of nitrogens with one attached hydrogen (secondary N) is 1. The van der Waals surface area contributed by atoms with Gasteiger partial charge in [-0.3, -0.25) is 0 Å². The van der Waals surface area contributed by atoms with Gasteiger partial charge in [-0.2, -0.15) is 16.1 Å². The van der Waals surface area contributed by atoms with Crippen LogP contribution in [-0.4, -0.2) is 43.9 Å². The van der Waals surface area contributed by atoms with Gasteiger partial charge in [0.15, 0.2) is 0 Å². The minimum Gasteiger partial charge on any atom is -0.312 e. The summed E-state index contributed by atoms with van der Waals surface area (Å²) in [5, 5.41) is 3.30. The van der Waals surface area contributed by atoms with Gasteiger partial charge in [0.25, 0.3) is 10.0 Å². The highest BCUT2D eigenvalue weighted by Crippen LogP contribution is 2.29. The predicted octanol–water partition coefficient (Wildman–Crippen LogP) is 2.37. The van der Waals surface area contributed by atoms with Crippen LogP contribution in [0.25, 0.3) is 0 Å². The molecular weight excluding hydrogens is 312 g/mol. The molecule has 0 amide bonds. The van der Waals surface area contributed by atoms with Crippen LogP contribution in [0.4, 0.5) is 0 Å². The monoisotopic (exact) mass is 334 g/mol. The molecule has 0 aliphatic carbocycles. The fraction of sp³-hybridized carbons (Fsp3) is 0.692. The molecular formula is C13H22N2O2S3. The number of thiophene rings is 1. The van der Waals surface area contributed by atoms with Gasteiger partial charge in [-0.15, -0.1) is 11.3 Å². The van der Waals surface area contributed by atoms with Crippen LogP contribution < -0.4 is 5.32 Å². The Morgan fingerprint density at radius 3 is 2.90 bits per heavy atom. The fourth-order valence-corrected chi connectivity index (χ4v) is 6.39. The summed E-state index contributed by atoms with van der Waals surface area (Å²) < 4.78 is 27.2. The smallest absolute Gasteiger partial charge is 0.252 e. The Morgan fingerprint density at radius 2 is 2.25 bits per heavy atom.